The zero-order valence-electron chi connectivity index (χ0n) is 20.4. The van der Waals surface area contributed by atoms with E-state index < -0.39 is 5.97 Å². The van der Waals surface area contributed by atoms with Crippen LogP contribution in [0.3, 0.4) is 0 Å². The van der Waals surface area contributed by atoms with Crippen molar-refractivity contribution in [3.8, 4) is 0 Å². The number of nitrogens with one attached hydrogen (secondary N) is 2. The van der Waals surface area contributed by atoms with Gasteiger partial charge in [0.2, 0.25) is 16.2 Å². The zero-order chi connectivity index (χ0) is 25.6. The molecule has 2 aliphatic heterocycles. The van der Waals surface area contributed by atoms with Crippen LogP contribution in [0.1, 0.15) is 41.6 Å². The van der Waals surface area contributed by atoms with Gasteiger partial charge in [-0.05, 0) is 68.1 Å². The van der Waals surface area contributed by atoms with Gasteiger partial charge in [-0.15, -0.1) is 15.3 Å². The Hall–Kier alpha value is -3.64. The van der Waals surface area contributed by atoms with E-state index in [9.17, 15) is 9.59 Å². The highest BCUT2D eigenvalue weighted by Crippen LogP contribution is 2.26. The van der Waals surface area contributed by atoms with Crippen LogP contribution in [-0.2, 0) is 11.3 Å². The predicted molar refractivity (Wildman–Crippen MR) is 141 cm³/mol. The van der Waals surface area contributed by atoms with Crippen LogP contribution >= 0.6 is 11.3 Å². The number of aromatic nitrogens is 4. The molecule has 2 aliphatic rings. The molecule has 5 rings (SSSR count). The van der Waals surface area contributed by atoms with Crippen molar-refractivity contribution in [2.45, 2.75) is 38.3 Å². The Balaban J connectivity index is 1.02. The number of piperidine rings is 1. The molecule has 0 aliphatic carbocycles. The monoisotopic (exact) mass is 522 g/mol. The largest absolute Gasteiger partial charge is 0.478 e. The summed E-state index contributed by atoms with van der Waals surface area (Å²) in [5.41, 5.74) is 1.40. The Morgan fingerprint density at radius 1 is 1.00 bits per heavy atom. The fourth-order valence-corrected chi connectivity index (χ4v) is 5.58. The SMILES string of the molecule is O=C(CC1CCN(Cc2ccc(C(=O)O)cc2)CC1)Nc1nnc(N[C@@H]2CCN(c3cccnn3)C2)s1. The van der Waals surface area contributed by atoms with Crippen molar-refractivity contribution in [1.82, 2.24) is 25.3 Å². The van der Waals surface area contributed by atoms with Gasteiger partial charge in [0, 0.05) is 38.3 Å². The number of amides is 1. The third kappa shape index (κ3) is 6.77. The number of aromatic carboxylic acids is 1. The van der Waals surface area contributed by atoms with Crippen molar-refractivity contribution >= 4 is 39.3 Å². The lowest BCUT2D eigenvalue weighted by molar-refractivity contribution is -0.117. The first-order valence-corrected chi connectivity index (χ1v) is 13.3. The number of anilines is 3. The second kappa shape index (κ2) is 11.6. The molecule has 3 N–H and O–H groups in total. The molecule has 1 aromatic carbocycles. The van der Waals surface area contributed by atoms with Gasteiger partial charge in [0.05, 0.1) is 5.56 Å². The summed E-state index contributed by atoms with van der Waals surface area (Å²) < 4.78 is 0. The van der Waals surface area contributed by atoms with E-state index in [4.69, 9.17) is 5.11 Å². The Bertz CT molecular complexity index is 1200. The molecule has 0 radical (unpaired) electrons. The van der Waals surface area contributed by atoms with E-state index in [1.165, 1.54) is 11.3 Å². The molecule has 2 aromatic heterocycles. The van der Waals surface area contributed by atoms with E-state index in [0.29, 0.717) is 28.2 Å². The summed E-state index contributed by atoms with van der Waals surface area (Å²) in [6, 6.07) is 11.1. The Labute approximate surface area is 218 Å². The minimum absolute atomic E-state index is 0.0277. The maximum Gasteiger partial charge on any atom is 0.335 e. The average Bonchev–Trinajstić information content (AvgIpc) is 3.56. The Morgan fingerprint density at radius 2 is 1.78 bits per heavy atom. The summed E-state index contributed by atoms with van der Waals surface area (Å²) in [5.74, 6) is 0.269. The summed E-state index contributed by atoms with van der Waals surface area (Å²) in [6.45, 7) is 4.33. The van der Waals surface area contributed by atoms with Crippen molar-refractivity contribution in [1.29, 1.82) is 0 Å². The fourth-order valence-electron chi connectivity index (χ4n) is 4.85. The normalized spacial score (nSPS) is 18.6. The van der Waals surface area contributed by atoms with Crippen molar-refractivity contribution in [3.05, 3.63) is 53.7 Å². The van der Waals surface area contributed by atoms with Crippen LogP contribution in [0.15, 0.2) is 42.6 Å². The third-order valence-corrected chi connectivity index (χ3v) is 7.63. The lowest BCUT2D eigenvalue weighted by atomic mass is 9.93. The number of carbonyl (C=O) groups excluding carboxylic acids is 1. The van der Waals surface area contributed by atoms with E-state index in [1.54, 1.807) is 18.3 Å². The highest BCUT2D eigenvalue weighted by Gasteiger charge is 2.25. The van der Waals surface area contributed by atoms with Crippen molar-refractivity contribution in [3.63, 3.8) is 0 Å². The quantitative estimate of drug-likeness (QED) is 0.385. The van der Waals surface area contributed by atoms with Gasteiger partial charge in [-0.3, -0.25) is 9.69 Å². The number of hydrogen-bond acceptors (Lipinski definition) is 10. The van der Waals surface area contributed by atoms with E-state index in [-0.39, 0.29) is 11.9 Å². The van der Waals surface area contributed by atoms with E-state index in [1.807, 2.05) is 24.3 Å². The molecule has 0 unspecified atom stereocenters. The van der Waals surface area contributed by atoms with Gasteiger partial charge in [-0.2, -0.15) is 5.10 Å². The summed E-state index contributed by atoms with van der Waals surface area (Å²) in [7, 11) is 0. The molecule has 0 saturated carbocycles. The lowest BCUT2D eigenvalue weighted by Crippen LogP contribution is -2.34. The van der Waals surface area contributed by atoms with Crippen LogP contribution in [-0.4, -0.2) is 74.5 Å². The summed E-state index contributed by atoms with van der Waals surface area (Å²) >= 11 is 1.35. The maximum absolute atomic E-state index is 12.6. The fraction of sp³-hybridized carbons (Fsp3) is 0.440. The molecule has 12 heteroatoms. The van der Waals surface area contributed by atoms with Crippen LogP contribution in [0.4, 0.5) is 16.1 Å². The molecule has 11 nitrogen and oxygen atoms in total. The molecule has 4 heterocycles. The van der Waals surface area contributed by atoms with E-state index >= 15 is 0 Å². The molecule has 2 saturated heterocycles. The van der Waals surface area contributed by atoms with Gasteiger partial charge in [0.25, 0.3) is 0 Å². The van der Waals surface area contributed by atoms with Crippen LogP contribution in [0, 0.1) is 5.92 Å². The lowest BCUT2D eigenvalue weighted by Gasteiger charge is -2.31. The number of carboxylic acids is 1. The topological polar surface area (TPSA) is 136 Å². The van der Waals surface area contributed by atoms with Gasteiger partial charge in [0.1, 0.15) is 0 Å². The van der Waals surface area contributed by atoms with E-state index in [2.05, 4.69) is 40.8 Å². The molecule has 2 fully saturated rings. The molecule has 194 valence electrons. The Morgan fingerprint density at radius 3 is 2.51 bits per heavy atom. The smallest absolute Gasteiger partial charge is 0.335 e. The molecule has 1 atom stereocenters. The van der Waals surface area contributed by atoms with Gasteiger partial charge in [-0.25, -0.2) is 4.79 Å². The summed E-state index contributed by atoms with van der Waals surface area (Å²) in [5, 5.41) is 33.0. The molecule has 0 spiro atoms. The van der Waals surface area contributed by atoms with Crippen LogP contribution in [0.25, 0.3) is 0 Å². The minimum atomic E-state index is -0.911. The van der Waals surface area contributed by atoms with Crippen molar-refractivity contribution in [2.75, 3.05) is 41.7 Å². The van der Waals surface area contributed by atoms with Gasteiger partial charge < -0.3 is 20.6 Å². The van der Waals surface area contributed by atoms with Gasteiger partial charge in [0.15, 0.2) is 5.82 Å². The zero-order valence-corrected chi connectivity index (χ0v) is 21.2. The molecular formula is C25H30N8O3S. The first-order valence-electron chi connectivity index (χ1n) is 12.5. The van der Waals surface area contributed by atoms with Crippen molar-refractivity contribution in [2.24, 2.45) is 5.92 Å². The number of nitrogens with zero attached hydrogens (tertiary/aromatic N) is 6. The average molecular weight is 523 g/mol. The van der Waals surface area contributed by atoms with Crippen molar-refractivity contribution < 1.29 is 14.7 Å². The molecule has 37 heavy (non-hydrogen) atoms. The number of carbonyl (C=O) groups is 2. The summed E-state index contributed by atoms with van der Waals surface area (Å²) in [4.78, 5) is 28.2. The maximum atomic E-state index is 12.6. The molecule has 3 aromatic rings. The second-order valence-electron chi connectivity index (χ2n) is 9.54. The molecule has 1 amide bonds. The van der Waals surface area contributed by atoms with Crippen LogP contribution in [0.2, 0.25) is 0 Å². The molecular weight excluding hydrogens is 492 g/mol. The van der Waals surface area contributed by atoms with Gasteiger partial charge in [-0.1, -0.05) is 23.5 Å². The standard InChI is InChI=1S/C25H30N8O3S/c34-22(14-17-7-11-32(12-8-17)15-18-3-5-19(6-4-18)23(35)36)28-25-31-30-24(37-25)27-20-9-13-33(16-20)21-2-1-10-26-29-21/h1-6,10,17,20H,7-9,11-16H2,(H,27,30)(H,35,36)(H,28,31,34)/t20-/m1/s1. The van der Waals surface area contributed by atoms with E-state index in [0.717, 1.165) is 63.4 Å². The number of hydrogen-bond donors (Lipinski definition) is 3. The second-order valence-corrected chi connectivity index (χ2v) is 10.5. The summed E-state index contributed by atoms with van der Waals surface area (Å²) in [6.07, 6.45) is 5.01. The van der Waals surface area contributed by atoms with Crippen LogP contribution < -0.4 is 15.5 Å². The number of rotatable bonds is 9. The van der Waals surface area contributed by atoms with Gasteiger partial charge >= 0.3 is 5.97 Å². The van der Waals surface area contributed by atoms with Crippen LogP contribution in [0.5, 0.6) is 0 Å². The number of likely N-dealkylation sites (tertiary alicyclic amines) is 1. The molecule has 0 bridgehead atoms. The first kappa shape index (κ1) is 25.0. The minimum Gasteiger partial charge on any atom is -0.478 e. The highest BCUT2D eigenvalue weighted by molar-refractivity contribution is 7.19. The highest BCUT2D eigenvalue weighted by atomic mass is 32.1. The first-order chi connectivity index (χ1) is 18.0. The Kier molecular flexibility index (Phi) is 7.85. The number of benzene rings is 1. The number of carboxylic acid groups (broad SMARTS) is 1. The predicted octanol–water partition coefficient (Wildman–Crippen LogP) is 2.96. The third-order valence-electron chi connectivity index (χ3n) is 6.86.